The van der Waals surface area contributed by atoms with Gasteiger partial charge in [-0.3, -0.25) is 9.63 Å². The van der Waals surface area contributed by atoms with Crippen LogP contribution < -0.4 is 21.0 Å². The Bertz CT molecular complexity index is 986. The first kappa shape index (κ1) is 26.6. The molecule has 0 radical (unpaired) electrons. The molecule has 3 N–H and O–H groups in total. The highest BCUT2D eigenvalue weighted by Gasteiger charge is 2.18. The molecule has 1 fully saturated rings. The second-order valence-electron chi connectivity index (χ2n) is 10.3. The van der Waals surface area contributed by atoms with E-state index in [0.717, 1.165) is 37.3 Å². The summed E-state index contributed by atoms with van der Waals surface area (Å²) in [5, 5.41) is 6.66. The van der Waals surface area contributed by atoms with Crippen LogP contribution in [0.3, 0.4) is 0 Å². The maximum atomic E-state index is 12.2. The average molecular weight is 485 g/mol. The van der Waals surface area contributed by atoms with Gasteiger partial charge in [0.1, 0.15) is 0 Å². The molecule has 2 aromatic rings. The maximum absolute atomic E-state index is 12.2. The summed E-state index contributed by atoms with van der Waals surface area (Å²) in [5.41, 5.74) is 4.60. The molecule has 0 atom stereocenters. The minimum absolute atomic E-state index is 0.0813. The van der Waals surface area contributed by atoms with E-state index in [1.807, 2.05) is 24.9 Å². The van der Waals surface area contributed by atoms with Gasteiger partial charge in [0.05, 0.1) is 7.11 Å². The summed E-state index contributed by atoms with van der Waals surface area (Å²) in [6.45, 7) is 13.6. The van der Waals surface area contributed by atoms with Crippen molar-refractivity contribution in [3.8, 4) is 0 Å². The number of nitrogens with zero attached hydrogens (tertiary/aromatic N) is 5. The largest absolute Gasteiger partial charge is 0.354 e. The van der Waals surface area contributed by atoms with E-state index in [4.69, 9.17) is 4.84 Å². The number of carbonyl (C=O) groups excluding carboxylic acids is 1. The van der Waals surface area contributed by atoms with Gasteiger partial charge in [-0.2, -0.15) is 15.0 Å². The number of aryl methyl sites for hydroxylation is 1. The molecule has 0 spiro atoms. The van der Waals surface area contributed by atoms with Crippen LogP contribution in [0.15, 0.2) is 18.2 Å². The van der Waals surface area contributed by atoms with Crippen molar-refractivity contribution in [2.24, 2.45) is 5.41 Å². The Kier molecular flexibility index (Phi) is 9.22. The lowest BCUT2D eigenvalue weighted by molar-refractivity contribution is 0.0537. The Morgan fingerprint density at radius 3 is 2.54 bits per heavy atom. The van der Waals surface area contributed by atoms with E-state index >= 15 is 0 Å². The smallest absolute Gasteiger partial charge is 0.274 e. The summed E-state index contributed by atoms with van der Waals surface area (Å²) in [5.74, 6) is 1.22. The topological polar surface area (TPSA) is 108 Å². The van der Waals surface area contributed by atoms with Gasteiger partial charge in [-0.05, 0) is 68.9 Å². The van der Waals surface area contributed by atoms with Crippen molar-refractivity contribution in [1.29, 1.82) is 0 Å². The lowest BCUT2D eigenvalue weighted by Gasteiger charge is -2.27. The van der Waals surface area contributed by atoms with Crippen LogP contribution in [0.1, 0.15) is 56.0 Å². The molecular weight excluding hydrogens is 444 g/mol. The third-order valence-corrected chi connectivity index (χ3v) is 5.75. The molecule has 10 heteroatoms. The van der Waals surface area contributed by atoms with E-state index < -0.39 is 0 Å². The molecule has 192 valence electrons. The minimum Gasteiger partial charge on any atom is -0.354 e. The number of likely N-dealkylation sites (tertiary alicyclic amines) is 1. The molecule has 2 heterocycles. The fourth-order valence-corrected chi connectivity index (χ4v) is 4.13. The van der Waals surface area contributed by atoms with Crippen molar-refractivity contribution >= 4 is 29.4 Å². The summed E-state index contributed by atoms with van der Waals surface area (Å²) < 4.78 is 0. The van der Waals surface area contributed by atoms with Crippen molar-refractivity contribution < 1.29 is 9.63 Å². The first-order valence-electron chi connectivity index (χ1n) is 12.3. The van der Waals surface area contributed by atoms with Gasteiger partial charge in [-0.25, -0.2) is 5.48 Å². The molecule has 1 aliphatic heterocycles. The van der Waals surface area contributed by atoms with E-state index in [0.29, 0.717) is 23.4 Å². The molecule has 1 aromatic carbocycles. The monoisotopic (exact) mass is 484 g/mol. The number of amides is 1. The van der Waals surface area contributed by atoms with Crippen LogP contribution in [-0.2, 0) is 4.84 Å². The molecule has 0 aliphatic carbocycles. The Morgan fingerprint density at radius 2 is 1.86 bits per heavy atom. The number of anilines is 4. The lowest BCUT2D eigenvalue weighted by atomic mass is 9.96. The van der Waals surface area contributed by atoms with E-state index in [2.05, 4.69) is 56.7 Å². The molecular formula is C25H40N8O2. The quantitative estimate of drug-likeness (QED) is 0.326. The van der Waals surface area contributed by atoms with Crippen molar-refractivity contribution in [3.05, 3.63) is 29.3 Å². The number of nitrogens with one attached hydrogen (secondary N) is 3. The van der Waals surface area contributed by atoms with E-state index in [-0.39, 0.29) is 11.3 Å². The highest BCUT2D eigenvalue weighted by molar-refractivity contribution is 5.94. The van der Waals surface area contributed by atoms with Crippen LogP contribution in [-0.4, -0.2) is 72.6 Å². The number of carbonyl (C=O) groups is 1. The standard InChI is InChI=1S/C25H40N8O2/c1-18-10-11-19(21(34)31-35-6)16-20(18)27-23-28-22(26-12-9-15-33-13-7-8-14-33)29-24(30-23)32(5)17-25(2,3)4/h10-11,16H,7-9,12-15,17H2,1-6H3,(H,31,34)(H2,26,27,28,29,30). The molecule has 10 nitrogen and oxygen atoms in total. The van der Waals surface area contributed by atoms with Crippen LogP contribution in [0.2, 0.25) is 0 Å². The average Bonchev–Trinajstić information content (AvgIpc) is 3.31. The van der Waals surface area contributed by atoms with Gasteiger partial charge < -0.3 is 20.4 Å². The summed E-state index contributed by atoms with van der Waals surface area (Å²) in [6.07, 6.45) is 3.62. The highest BCUT2D eigenvalue weighted by atomic mass is 16.6. The third-order valence-electron chi connectivity index (χ3n) is 5.75. The zero-order valence-electron chi connectivity index (χ0n) is 21.9. The van der Waals surface area contributed by atoms with Gasteiger partial charge in [0.15, 0.2) is 0 Å². The molecule has 0 bridgehead atoms. The van der Waals surface area contributed by atoms with Gasteiger partial charge in [0.25, 0.3) is 5.91 Å². The molecule has 1 aromatic heterocycles. The normalized spacial score (nSPS) is 14.1. The SMILES string of the molecule is CONC(=O)c1ccc(C)c(Nc2nc(NCCCN3CCCC3)nc(N(C)CC(C)(C)C)n2)c1. The summed E-state index contributed by atoms with van der Waals surface area (Å²) in [6, 6.07) is 5.38. The number of hydroxylamine groups is 1. The van der Waals surface area contributed by atoms with Crippen LogP contribution in [0.25, 0.3) is 0 Å². The van der Waals surface area contributed by atoms with E-state index in [9.17, 15) is 4.79 Å². The maximum Gasteiger partial charge on any atom is 0.274 e. The molecule has 0 saturated carbocycles. The van der Waals surface area contributed by atoms with Crippen LogP contribution in [0.4, 0.5) is 23.5 Å². The lowest BCUT2D eigenvalue weighted by Crippen LogP contribution is -2.31. The van der Waals surface area contributed by atoms with Crippen LogP contribution in [0.5, 0.6) is 0 Å². The Morgan fingerprint density at radius 1 is 1.14 bits per heavy atom. The fourth-order valence-electron chi connectivity index (χ4n) is 4.13. The van der Waals surface area contributed by atoms with Crippen LogP contribution in [0, 0.1) is 12.3 Å². The molecule has 1 aliphatic rings. The summed E-state index contributed by atoms with van der Waals surface area (Å²) in [7, 11) is 3.40. The van der Waals surface area contributed by atoms with Gasteiger partial charge in [0, 0.05) is 31.4 Å². The van der Waals surface area contributed by atoms with Crippen LogP contribution >= 0.6 is 0 Å². The highest BCUT2D eigenvalue weighted by Crippen LogP contribution is 2.24. The number of benzene rings is 1. The van der Waals surface area contributed by atoms with E-state index in [1.54, 1.807) is 12.1 Å². The Hall–Kier alpha value is -2.98. The number of aromatic nitrogens is 3. The van der Waals surface area contributed by atoms with E-state index in [1.165, 1.54) is 33.0 Å². The molecule has 3 rings (SSSR count). The molecule has 1 amide bonds. The van der Waals surface area contributed by atoms with Crippen molar-refractivity contribution in [2.45, 2.75) is 47.0 Å². The fraction of sp³-hybridized carbons (Fsp3) is 0.600. The van der Waals surface area contributed by atoms with Gasteiger partial charge in [0.2, 0.25) is 17.8 Å². The molecule has 1 saturated heterocycles. The van der Waals surface area contributed by atoms with Gasteiger partial charge >= 0.3 is 0 Å². The predicted octanol–water partition coefficient (Wildman–Crippen LogP) is 3.59. The zero-order valence-corrected chi connectivity index (χ0v) is 21.9. The third kappa shape index (κ3) is 8.32. The number of rotatable bonds is 11. The molecule has 0 unspecified atom stereocenters. The van der Waals surface area contributed by atoms with Gasteiger partial charge in [-0.15, -0.1) is 0 Å². The first-order chi connectivity index (χ1) is 16.6. The second kappa shape index (κ2) is 12.1. The predicted molar refractivity (Wildman–Crippen MR) is 140 cm³/mol. The second-order valence-corrected chi connectivity index (χ2v) is 10.3. The Balaban J connectivity index is 1.79. The van der Waals surface area contributed by atoms with Crippen molar-refractivity contribution in [3.63, 3.8) is 0 Å². The summed E-state index contributed by atoms with van der Waals surface area (Å²) >= 11 is 0. The zero-order chi connectivity index (χ0) is 25.4. The summed E-state index contributed by atoms with van der Waals surface area (Å²) in [4.78, 5) is 35.5. The van der Waals surface area contributed by atoms with Crippen molar-refractivity contribution in [1.82, 2.24) is 25.3 Å². The number of hydrogen-bond donors (Lipinski definition) is 3. The van der Waals surface area contributed by atoms with Gasteiger partial charge in [-0.1, -0.05) is 26.8 Å². The Labute approximate surface area is 208 Å². The molecule has 35 heavy (non-hydrogen) atoms. The van der Waals surface area contributed by atoms with Crippen molar-refractivity contribution in [2.75, 3.05) is 62.4 Å². The minimum atomic E-state index is -0.322. The first-order valence-corrected chi connectivity index (χ1v) is 12.3. The number of hydrogen-bond acceptors (Lipinski definition) is 9.